The molecule has 1 atom stereocenters. The number of aromatic nitrogens is 2. The van der Waals surface area contributed by atoms with E-state index < -0.39 is 12.0 Å². The lowest BCUT2D eigenvalue weighted by atomic mass is 10.1. The largest absolute Gasteiger partial charge is 0.480 e. The maximum Gasteiger partial charge on any atom is 0.326 e. The van der Waals surface area contributed by atoms with Crippen molar-refractivity contribution >= 4 is 27.5 Å². The number of hydrogen-bond donors (Lipinski definition) is 1. The van der Waals surface area contributed by atoms with Crippen LogP contribution in [-0.4, -0.2) is 20.6 Å². The van der Waals surface area contributed by atoms with E-state index in [2.05, 4.69) is 4.98 Å². The first-order valence-electron chi connectivity index (χ1n) is 8.40. The van der Waals surface area contributed by atoms with Crippen molar-refractivity contribution in [3.63, 3.8) is 0 Å². The molecular formula is C19H20N2O3S. The number of hydrogen-bond acceptors (Lipinski definition) is 4. The number of carbonyl (C=O) groups is 1. The summed E-state index contributed by atoms with van der Waals surface area (Å²) < 4.78 is 1.37. The van der Waals surface area contributed by atoms with Crippen molar-refractivity contribution in [2.45, 2.75) is 39.2 Å². The lowest BCUT2D eigenvalue weighted by Crippen LogP contribution is -2.32. The van der Waals surface area contributed by atoms with Crippen molar-refractivity contribution in [3.05, 3.63) is 52.6 Å². The van der Waals surface area contributed by atoms with Crippen LogP contribution in [-0.2, 0) is 11.2 Å². The fourth-order valence-electron chi connectivity index (χ4n) is 2.97. The third kappa shape index (κ3) is 3.22. The average molecular weight is 356 g/mol. The molecule has 0 radical (unpaired) electrons. The van der Waals surface area contributed by atoms with E-state index in [1.54, 1.807) is 6.92 Å². The second kappa shape index (κ2) is 7.19. The summed E-state index contributed by atoms with van der Waals surface area (Å²) in [5.74, 6) is -0.447. The molecule has 0 bridgehead atoms. The summed E-state index contributed by atoms with van der Waals surface area (Å²) in [7, 11) is 0. The van der Waals surface area contributed by atoms with Gasteiger partial charge < -0.3 is 5.11 Å². The molecule has 3 aromatic rings. The van der Waals surface area contributed by atoms with E-state index in [9.17, 15) is 14.7 Å². The Labute approximate surface area is 149 Å². The van der Waals surface area contributed by atoms with Gasteiger partial charge in [0.15, 0.2) is 0 Å². The maximum absolute atomic E-state index is 13.0. The normalized spacial score (nSPS) is 12.4. The summed E-state index contributed by atoms with van der Waals surface area (Å²) in [5.41, 5.74) is 0.764. The van der Waals surface area contributed by atoms with Gasteiger partial charge in [-0.05, 0) is 24.5 Å². The molecule has 25 heavy (non-hydrogen) atoms. The van der Waals surface area contributed by atoms with E-state index in [-0.39, 0.29) is 5.56 Å². The highest BCUT2D eigenvalue weighted by atomic mass is 32.1. The van der Waals surface area contributed by atoms with Gasteiger partial charge in [-0.25, -0.2) is 9.78 Å². The minimum atomic E-state index is -0.999. The van der Waals surface area contributed by atoms with Crippen LogP contribution in [0.15, 0.2) is 41.2 Å². The predicted molar refractivity (Wildman–Crippen MR) is 100 cm³/mol. The minimum absolute atomic E-state index is 0.263. The zero-order valence-corrected chi connectivity index (χ0v) is 15.0. The molecule has 5 nitrogen and oxygen atoms in total. The molecule has 0 aliphatic rings. The Balaban J connectivity index is 2.25. The van der Waals surface area contributed by atoms with Gasteiger partial charge >= 0.3 is 5.97 Å². The zero-order chi connectivity index (χ0) is 18.0. The second-order valence-corrected chi connectivity index (χ2v) is 6.94. The first kappa shape index (κ1) is 17.4. The highest BCUT2D eigenvalue weighted by Gasteiger charge is 2.24. The smallest absolute Gasteiger partial charge is 0.326 e. The number of aliphatic carboxylic acids is 1. The number of carboxylic acids is 1. The highest BCUT2D eigenvalue weighted by molar-refractivity contribution is 7.21. The van der Waals surface area contributed by atoms with Crippen LogP contribution in [0.4, 0.5) is 0 Å². The molecule has 0 amide bonds. The molecule has 1 N–H and O–H groups in total. The van der Waals surface area contributed by atoms with Crippen molar-refractivity contribution < 1.29 is 9.90 Å². The molecule has 2 aromatic heterocycles. The van der Waals surface area contributed by atoms with E-state index in [4.69, 9.17) is 0 Å². The molecule has 0 aliphatic carbocycles. The number of thiophene rings is 1. The molecule has 0 spiro atoms. The SMILES string of the molecule is CCCc1nc2sc(-c3ccccc3)cc2c(=O)n1C(CC)C(=O)O. The molecule has 0 saturated carbocycles. The Morgan fingerprint density at radius 1 is 1.28 bits per heavy atom. The summed E-state index contributed by atoms with van der Waals surface area (Å²) in [6, 6.07) is 10.8. The predicted octanol–water partition coefficient (Wildman–Crippen LogP) is 4.11. The number of aryl methyl sites for hydroxylation is 1. The Hall–Kier alpha value is -2.47. The third-order valence-corrected chi connectivity index (χ3v) is 5.26. The molecule has 1 aromatic carbocycles. The van der Waals surface area contributed by atoms with Gasteiger partial charge in [0.05, 0.1) is 5.39 Å². The average Bonchev–Trinajstić information content (AvgIpc) is 3.03. The van der Waals surface area contributed by atoms with Crippen LogP contribution in [0, 0.1) is 0 Å². The lowest BCUT2D eigenvalue weighted by Gasteiger charge is -2.17. The molecule has 0 fully saturated rings. The van der Waals surface area contributed by atoms with Gasteiger partial charge in [-0.3, -0.25) is 9.36 Å². The van der Waals surface area contributed by atoms with Crippen LogP contribution in [0.3, 0.4) is 0 Å². The molecule has 1 unspecified atom stereocenters. The standard InChI is InChI=1S/C19H20N2O3S/c1-3-8-16-20-17-13(18(22)21(16)14(4-2)19(23)24)11-15(25-17)12-9-6-5-7-10-12/h5-7,9-11,14H,3-4,8H2,1-2H3,(H,23,24). The van der Waals surface area contributed by atoms with E-state index in [0.717, 1.165) is 16.9 Å². The van der Waals surface area contributed by atoms with Crippen molar-refractivity contribution in [3.8, 4) is 10.4 Å². The zero-order valence-electron chi connectivity index (χ0n) is 14.2. The molecule has 130 valence electrons. The maximum atomic E-state index is 13.0. The quantitative estimate of drug-likeness (QED) is 0.721. The molecule has 0 saturated heterocycles. The van der Waals surface area contributed by atoms with Crippen LogP contribution >= 0.6 is 11.3 Å². The van der Waals surface area contributed by atoms with Gasteiger partial charge in [0.25, 0.3) is 5.56 Å². The summed E-state index contributed by atoms with van der Waals surface area (Å²) >= 11 is 1.47. The van der Waals surface area contributed by atoms with E-state index >= 15 is 0 Å². The summed E-state index contributed by atoms with van der Waals surface area (Å²) in [5, 5.41) is 10.0. The Bertz CT molecular complexity index is 960. The van der Waals surface area contributed by atoms with Crippen molar-refractivity contribution in [2.75, 3.05) is 0 Å². The first-order valence-corrected chi connectivity index (χ1v) is 9.21. The number of benzene rings is 1. The van der Waals surface area contributed by atoms with E-state index in [1.165, 1.54) is 15.9 Å². The molecule has 3 rings (SSSR count). The van der Waals surface area contributed by atoms with Crippen LogP contribution in [0.1, 0.15) is 38.6 Å². The molecule has 2 heterocycles. The van der Waals surface area contributed by atoms with Gasteiger partial charge in [0, 0.05) is 11.3 Å². The van der Waals surface area contributed by atoms with Crippen LogP contribution in [0.5, 0.6) is 0 Å². The molecule has 0 aliphatic heterocycles. The monoisotopic (exact) mass is 356 g/mol. The van der Waals surface area contributed by atoms with E-state index in [1.807, 2.05) is 43.3 Å². The lowest BCUT2D eigenvalue weighted by molar-refractivity contribution is -0.141. The Morgan fingerprint density at radius 3 is 2.60 bits per heavy atom. The number of carboxylic acid groups (broad SMARTS) is 1. The number of fused-ring (bicyclic) bond motifs is 1. The van der Waals surface area contributed by atoms with Crippen molar-refractivity contribution in [2.24, 2.45) is 0 Å². The van der Waals surface area contributed by atoms with Gasteiger partial charge in [-0.1, -0.05) is 44.2 Å². The third-order valence-electron chi connectivity index (χ3n) is 4.19. The first-order chi connectivity index (χ1) is 12.1. The van der Waals surface area contributed by atoms with Crippen LogP contribution in [0.25, 0.3) is 20.7 Å². The fraction of sp³-hybridized carbons (Fsp3) is 0.316. The van der Waals surface area contributed by atoms with Gasteiger partial charge in [0.2, 0.25) is 0 Å². The highest BCUT2D eigenvalue weighted by Crippen LogP contribution is 2.31. The number of rotatable bonds is 6. The van der Waals surface area contributed by atoms with Gasteiger partial charge in [-0.2, -0.15) is 0 Å². The fourth-order valence-corrected chi connectivity index (χ4v) is 4.02. The minimum Gasteiger partial charge on any atom is -0.480 e. The molecule has 6 heteroatoms. The Kier molecular flexibility index (Phi) is 4.99. The summed E-state index contributed by atoms with van der Waals surface area (Å²) in [4.78, 5) is 30.9. The molecular weight excluding hydrogens is 336 g/mol. The van der Waals surface area contributed by atoms with Crippen molar-refractivity contribution in [1.29, 1.82) is 0 Å². The van der Waals surface area contributed by atoms with Crippen LogP contribution < -0.4 is 5.56 Å². The van der Waals surface area contributed by atoms with E-state index in [0.29, 0.717) is 28.9 Å². The van der Waals surface area contributed by atoms with Crippen molar-refractivity contribution in [1.82, 2.24) is 9.55 Å². The number of nitrogens with zero attached hydrogens (tertiary/aromatic N) is 2. The van der Waals surface area contributed by atoms with Gasteiger partial charge in [0.1, 0.15) is 16.7 Å². The van der Waals surface area contributed by atoms with Crippen LogP contribution in [0.2, 0.25) is 0 Å². The second-order valence-electron chi connectivity index (χ2n) is 5.91. The summed E-state index contributed by atoms with van der Waals surface area (Å²) in [6.45, 7) is 3.76. The Morgan fingerprint density at radius 2 is 2.00 bits per heavy atom. The topological polar surface area (TPSA) is 72.2 Å². The summed E-state index contributed by atoms with van der Waals surface area (Å²) in [6.07, 6.45) is 1.72. The van der Waals surface area contributed by atoms with Gasteiger partial charge in [-0.15, -0.1) is 11.3 Å².